The van der Waals surface area contributed by atoms with Gasteiger partial charge in [0.15, 0.2) is 0 Å². The van der Waals surface area contributed by atoms with E-state index in [4.69, 9.17) is 0 Å². The van der Waals surface area contributed by atoms with Gasteiger partial charge in [0.05, 0.1) is 0 Å². The molecule has 1 saturated carbocycles. The first kappa shape index (κ1) is 16.3. The van der Waals surface area contributed by atoms with E-state index in [0.29, 0.717) is 5.92 Å². The zero-order valence-corrected chi connectivity index (χ0v) is 14.4. The van der Waals surface area contributed by atoms with Gasteiger partial charge in [-0.15, -0.1) is 0 Å². The highest BCUT2D eigenvalue weighted by molar-refractivity contribution is 5.81. The van der Waals surface area contributed by atoms with Crippen molar-refractivity contribution in [3.8, 4) is 0 Å². The Morgan fingerprint density at radius 3 is 2.65 bits per heavy atom. The maximum absolute atomic E-state index is 11.8. The van der Waals surface area contributed by atoms with Crippen LogP contribution >= 0.6 is 0 Å². The number of rotatable bonds is 6. The fraction of sp³-hybridized carbons (Fsp3) is 0.632. The molecule has 1 N–H and O–H groups in total. The van der Waals surface area contributed by atoms with Crippen LogP contribution in [0.5, 0.6) is 0 Å². The Hall–Kier alpha value is -1.55. The molecule has 1 aliphatic heterocycles. The monoisotopic (exact) mass is 315 g/mol. The van der Waals surface area contributed by atoms with Crippen molar-refractivity contribution in [3.05, 3.63) is 29.8 Å². The standard InChI is InChI=1S/C19H29N3O/c1-15-4-3-5-18(14-15)22-12-10-21(11-13-22)9-8-16(2)20-19(23)17-6-7-17/h3-5,14,16-17H,6-13H2,1-2H3,(H,20,23)/t16-/m1/s1. The van der Waals surface area contributed by atoms with Crippen molar-refractivity contribution >= 4 is 11.6 Å². The lowest BCUT2D eigenvalue weighted by Crippen LogP contribution is -2.47. The molecule has 0 aromatic heterocycles. The lowest BCUT2D eigenvalue weighted by Gasteiger charge is -2.36. The van der Waals surface area contributed by atoms with Crippen LogP contribution in [0.1, 0.15) is 31.7 Å². The van der Waals surface area contributed by atoms with Crippen LogP contribution in [-0.2, 0) is 4.79 Å². The molecule has 1 aromatic carbocycles. The van der Waals surface area contributed by atoms with Crippen LogP contribution in [0.4, 0.5) is 5.69 Å². The number of amides is 1. The summed E-state index contributed by atoms with van der Waals surface area (Å²) >= 11 is 0. The normalized spacial score (nSPS) is 20.3. The number of nitrogens with one attached hydrogen (secondary N) is 1. The van der Waals surface area contributed by atoms with Gasteiger partial charge in [0.1, 0.15) is 0 Å². The SMILES string of the molecule is Cc1cccc(N2CCN(CC[C@@H](C)NC(=O)C3CC3)CC2)c1. The number of anilines is 1. The fourth-order valence-corrected chi connectivity index (χ4v) is 3.21. The molecule has 23 heavy (non-hydrogen) atoms. The van der Waals surface area contributed by atoms with Crippen molar-refractivity contribution < 1.29 is 4.79 Å². The van der Waals surface area contributed by atoms with E-state index in [1.807, 2.05) is 0 Å². The van der Waals surface area contributed by atoms with Gasteiger partial charge < -0.3 is 10.2 Å². The molecule has 126 valence electrons. The molecule has 4 nitrogen and oxygen atoms in total. The third-order valence-electron chi connectivity index (χ3n) is 4.95. The van der Waals surface area contributed by atoms with E-state index >= 15 is 0 Å². The summed E-state index contributed by atoms with van der Waals surface area (Å²) in [5, 5.41) is 3.15. The van der Waals surface area contributed by atoms with Gasteiger partial charge in [-0.3, -0.25) is 9.69 Å². The van der Waals surface area contributed by atoms with E-state index in [0.717, 1.165) is 52.0 Å². The highest BCUT2D eigenvalue weighted by atomic mass is 16.2. The topological polar surface area (TPSA) is 35.6 Å². The zero-order chi connectivity index (χ0) is 16.2. The number of aryl methyl sites for hydroxylation is 1. The Morgan fingerprint density at radius 2 is 2.00 bits per heavy atom. The smallest absolute Gasteiger partial charge is 0.223 e. The second-order valence-electron chi connectivity index (χ2n) is 7.14. The summed E-state index contributed by atoms with van der Waals surface area (Å²) in [5.74, 6) is 0.581. The van der Waals surface area contributed by atoms with Gasteiger partial charge >= 0.3 is 0 Å². The van der Waals surface area contributed by atoms with Crippen molar-refractivity contribution in [3.63, 3.8) is 0 Å². The minimum Gasteiger partial charge on any atom is -0.369 e. The van der Waals surface area contributed by atoms with Crippen LogP contribution < -0.4 is 10.2 Å². The van der Waals surface area contributed by atoms with Crippen molar-refractivity contribution in [2.45, 2.75) is 39.2 Å². The molecule has 2 aliphatic rings. The summed E-state index contributed by atoms with van der Waals surface area (Å²) < 4.78 is 0. The van der Waals surface area contributed by atoms with Crippen LogP contribution in [0.15, 0.2) is 24.3 Å². The summed E-state index contributed by atoms with van der Waals surface area (Å²) in [6.07, 6.45) is 3.21. The molecule has 2 fully saturated rings. The molecule has 0 bridgehead atoms. The summed E-state index contributed by atoms with van der Waals surface area (Å²) in [7, 11) is 0. The number of benzene rings is 1. The highest BCUT2D eigenvalue weighted by Gasteiger charge is 2.30. The largest absolute Gasteiger partial charge is 0.369 e. The molecular weight excluding hydrogens is 286 g/mol. The Morgan fingerprint density at radius 1 is 1.26 bits per heavy atom. The molecule has 0 radical (unpaired) electrons. The average Bonchev–Trinajstić information content (AvgIpc) is 3.38. The summed E-state index contributed by atoms with van der Waals surface area (Å²) in [6.45, 7) is 9.75. The quantitative estimate of drug-likeness (QED) is 0.876. The van der Waals surface area contributed by atoms with Crippen molar-refractivity contribution in [1.82, 2.24) is 10.2 Å². The number of carbonyl (C=O) groups excluding carboxylic acids is 1. The molecule has 1 heterocycles. The van der Waals surface area contributed by atoms with Gasteiger partial charge in [-0.2, -0.15) is 0 Å². The minimum absolute atomic E-state index is 0.266. The third-order valence-corrected chi connectivity index (χ3v) is 4.95. The Balaban J connectivity index is 1.38. The molecule has 4 heteroatoms. The first-order valence-electron chi connectivity index (χ1n) is 8.96. The predicted octanol–water partition coefficient (Wildman–Crippen LogP) is 2.42. The van der Waals surface area contributed by atoms with Crippen LogP contribution in [0.25, 0.3) is 0 Å². The van der Waals surface area contributed by atoms with Crippen LogP contribution in [0.3, 0.4) is 0 Å². The van der Waals surface area contributed by atoms with Gasteiger partial charge in [0, 0.05) is 50.4 Å². The maximum Gasteiger partial charge on any atom is 0.223 e. The zero-order valence-electron chi connectivity index (χ0n) is 14.4. The third kappa shape index (κ3) is 4.71. The summed E-state index contributed by atoms with van der Waals surface area (Å²) in [6, 6.07) is 9.06. The van der Waals surface area contributed by atoms with Crippen molar-refractivity contribution in [1.29, 1.82) is 0 Å². The second kappa shape index (κ2) is 7.35. The lowest BCUT2D eigenvalue weighted by atomic mass is 10.1. The molecular formula is C19H29N3O. The molecule has 3 rings (SSSR count). The van der Waals surface area contributed by atoms with Gasteiger partial charge in [-0.25, -0.2) is 0 Å². The Kier molecular flexibility index (Phi) is 5.21. The van der Waals surface area contributed by atoms with Gasteiger partial charge in [-0.05, 0) is 50.8 Å². The number of nitrogens with zero attached hydrogens (tertiary/aromatic N) is 2. The van der Waals surface area contributed by atoms with Crippen LogP contribution in [0.2, 0.25) is 0 Å². The summed E-state index contributed by atoms with van der Waals surface area (Å²) in [5.41, 5.74) is 2.67. The average molecular weight is 315 g/mol. The number of hydrogen-bond acceptors (Lipinski definition) is 3. The van der Waals surface area contributed by atoms with Gasteiger partial charge in [-0.1, -0.05) is 12.1 Å². The van der Waals surface area contributed by atoms with Crippen LogP contribution in [0, 0.1) is 12.8 Å². The fourth-order valence-electron chi connectivity index (χ4n) is 3.21. The van der Waals surface area contributed by atoms with Gasteiger partial charge in [0.25, 0.3) is 0 Å². The first-order chi connectivity index (χ1) is 11.1. The molecule has 0 unspecified atom stereocenters. The van der Waals surface area contributed by atoms with Crippen molar-refractivity contribution in [2.24, 2.45) is 5.92 Å². The molecule has 1 amide bonds. The Labute approximate surface area is 139 Å². The van der Waals surface area contributed by atoms with E-state index < -0.39 is 0 Å². The van der Waals surface area contributed by atoms with E-state index in [2.05, 4.69) is 53.2 Å². The van der Waals surface area contributed by atoms with Crippen LogP contribution in [-0.4, -0.2) is 49.6 Å². The van der Waals surface area contributed by atoms with Gasteiger partial charge in [0.2, 0.25) is 5.91 Å². The van der Waals surface area contributed by atoms with E-state index in [1.54, 1.807) is 0 Å². The van der Waals surface area contributed by atoms with Crippen molar-refractivity contribution in [2.75, 3.05) is 37.6 Å². The second-order valence-corrected chi connectivity index (χ2v) is 7.14. The molecule has 1 saturated heterocycles. The molecule has 0 spiro atoms. The van der Waals surface area contributed by atoms with E-state index in [1.165, 1.54) is 11.3 Å². The van der Waals surface area contributed by atoms with E-state index in [9.17, 15) is 4.79 Å². The first-order valence-corrected chi connectivity index (χ1v) is 8.96. The molecule has 1 aromatic rings. The minimum atomic E-state index is 0.266. The molecule has 1 atom stereocenters. The maximum atomic E-state index is 11.8. The number of hydrogen-bond donors (Lipinski definition) is 1. The lowest BCUT2D eigenvalue weighted by molar-refractivity contribution is -0.122. The highest BCUT2D eigenvalue weighted by Crippen LogP contribution is 2.29. The van der Waals surface area contributed by atoms with E-state index in [-0.39, 0.29) is 11.9 Å². The number of piperazine rings is 1. The molecule has 1 aliphatic carbocycles. The summed E-state index contributed by atoms with van der Waals surface area (Å²) in [4.78, 5) is 16.8. The number of carbonyl (C=O) groups is 1. The Bertz CT molecular complexity index is 533. The predicted molar refractivity (Wildman–Crippen MR) is 94.8 cm³/mol.